The third kappa shape index (κ3) is 4.53. The van der Waals surface area contributed by atoms with Crippen LogP contribution in [0.5, 0.6) is 0 Å². The number of carbonyl (C=O) groups is 1. The number of aryl methyl sites for hydroxylation is 1. The summed E-state index contributed by atoms with van der Waals surface area (Å²) in [5.74, 6) is -0.997. The van der Waals surface area contributed by atoms with Gasteiger partial charge in [-0.05, 0) is 37.0 Å². The molecule has 37 heavy (non-hydrogen) atoms. The van der Waals surface area contributed by atoms with Crippen LogP contribution in [0.3, 0.4) is 0 Å². The fourth-order valence-corrected chi connectivity index (χ4v) is 3.94. The van der Waals surface area contributed by atoms with Crippen LogP contribution < -0.4 is 5.32 Å². The van der Waals surface area contributed by atoms with E-state index in [9.17, 15) is 18.0 Å². The summed E-state index contributed by atoms with van der Waals surface area (Å²) in [7, 11) is 1.65. The fraction of sp³-hybridized carbons (Fsp3) is 0.125. The molecule has 10 nitrogen and oxygen atoms in total. The number of amides is 1. The molecule has 0 fully saturated rings. The Hall–Kier alpha value is -4.94. The number of halogens is 3. The van der Waals surface area contributed by atoms with E-state index < -0.39 is 23.3 Å². The Morgan fingerprint density at radius 1 is 1.11 bits per heavy atom. The van der Waals surface area contributed by atoms with Crippen LogP contribution >= 0.6 is 0 Å². The van der Waals surface area contributed by atoms with Crippen molar-refractivity contribution in [1.82, 2.24) is 34.7 Å². The van der Waals surface area contributed by atoms with Crippen molar-refractivity contribution in [3.8, 4) is 17.1 Å². The largest absolute Gasteiger partial charge is 0.434 e. The number of aromatic nitrogens is 7. The number of alkyl halides is 3. The minimum absolute atomic E-state index is 0.142. The minimum atomic E-state index is -4.88. The predicted octanol–water partition coefficient (Wildman–Crippen LogP) is 4.08. The van der Waals surface area contributed by atoms with Crippen molar-refractivity contribution in [3.05, 3.63) is 78.0 Å². The first kappa shape index (κ1) is 23.8. The average Bonchev–Trinajstić information content (AvgIpc) is 3.51. The molecular weight excluding hydrogens is 487 g/mol. The van der Waals surface area contributed by atoms with E-state index in [2.05, 4.69) is 42.3 Å². The molecule has 0 radical (unpaired) electrons. The lowest BCUT2D eigenvalue weighted by molar-refractivity contribution is -0.143. The molecule has 0 aliphatic carbocycles. The van der Waals surface area contributed by atoms with Crippen LogP contribution in [-0.2, 0) is 19.8 Å². The molecule has 186 valence electrons. The van der Waals surface area contributed by atoms with Gasteiger partial charge < -0.3 is 5.32 Å². The number of nitrogens with zero attached hydrogens (tertiary/aromatic N) is 8. The number of nitrogens with one attached hydrogen (secondary N) is 1. The fourth-order valence-electron chi connectivity index (χ4n) is 3.94. The summed E-state index contributed by atoms with van der Waals surface area (Å²) in [5, 5.41) is 15.1. The van der Waals surface area contributed by atoms with E-state index in [-0.39, 0.29) is 17.9 Å². The van der Waals surface area contributed by atoms with Gasteiger partial charge in [-0.2, -0.15) is 33.3 Å². The summed E-state index contributed by atoms with van der Waals surface area (Å²) < 4.78 is 43.4. The molecule has 0 bridgehead atoms. The number of carbonyl (C=O) groups excluding carboxylic acids is 1. The number of pyridine rings is 2. The van der Waals surface area contributed by atoms with Crippen molar-refractivity contribution in [3.63, 3.8) is 0 Å². The lowest BCUT2D eigenvalue weighted by Crippen LogP contribution is -2.21. The summed E-state index contributed by atoms with van der Waals surface area (Å²) in [6, 6.07) is 9.54. The Balaban J connectivity index is 1.53. The molecule has 4 heterocycles. The third-order valence-corrected chi connectivity index (χ3v) is 5.48. The topological polar surface area (TPSA) is 116 Å². The molecule has 4 aromatic heterocycles. The van der Waals surface area contributed by atoms with Crippen LogP contribution in [0.15, 0.2) is 66.2 Å². The van der Waals surface area contributed by atoms with Crippen LogP contribution in [0.1, 0.15) is 21.6 Å². The Bertz CT molecular complexity index is 1630. The van der Waals surface area contributed by atoms with Crippen molar-refractivity contribution in [2.45, 2.75) is 12.7 Å². The Morgan fingerprint density at radius 3 is 2.68 bits per heavy atom. The molecule has 1 aromatic carbocycles. The molecule has 0 aliphatic heterocycles. The van der Waals surface area contributed by atoms with E-state index in [1.165, 1.54) is 23.3 Å². The average molecular weight is 505 g/mol. The lowest BCUT2D eigenvalue weighted by atomic mass is 10.1. The number of anilines is 1. The molecule has 0 aliphatic rings. The second-order valence-electron chi connectivity index (χ2n) is 7.95. The molecule has 1 N–H and O–H groups in total. The van der Waals surface area contributed by atoms with Gasteiger partial charge >= 0.3 is 6.18 Å². The number of fused-ring (bicyclic) bond motifs is 1. The first-order chi connectivity index (χ1) is 17.8. The summed E-state index contributed by atoms with van der Waals surface area (Å²) >= 11 is 0. The molecule has 13 heteroatoms. The molecule has 0 unspecified atom stereocenters. The quantitative estimate of drug-likeness (QED) is 0.348. The predicted molar refractivity (Wildman–Crippen MR) is 129 cm³/mol. The van der Waals surface area contributed by atoms with Crippen molar-refractivity contribution < 1.29 is 18.0 Å². The minimum Gasteiger partial charge on any atom is -0.320 e. The Labute approximate surface area is 207 Å². The highest BCUT2D eigenvalue weighted by Crippen LogP contribution is 2.35. The van der Waals surface area contributed by atoms with Gasteiger partial charge in [0.1, 0.15) is 5.69 Å². The number of aliphatic imine (C=N–C) groups is 1. The molecular formula is C24H18F3N9O. The van der Waals surface area contributed by atoms with Crippen molar-refractivity contribution in [2.24, 2.45) is 12.0 Å². The highest BCUT2D eigenvalue weighted by Gasteiger charge is 2.41. The highest BCUT2D eigenvalue weighted by molar-refractivity contribution is 6.05. The third-order valence-electron chi connectivity index (χ3n) is 5.48. The van der Waals surface area contributed by atoms with Gasteiger partial charge in [-0.1, -0.05) is 6.07 Å². The summed E-state index contributed by atoms with van der Waals surface area (Å²) in [6.45, 7) is 3.62. The number of rotatable bonds is 6. The molecule has 0 spiro atoms. The van der Waals surface area contributed by atoms with Crippen molar-refractivity contribution in [2.75, 3.05) is 5.32 Å². The molecule has 1 amide bonds. The standard InChI is InChI=1S/C24H18F3N9O/c1-28-10-14-9-15(11-30-21(14)19-13-31-35(2)34-19)33-23(37)17-12-32-36(22(17)24(25,26)27)20-7-3-6-18-16(20)5-4-8-29-18/h3-9,11-13H,1,10H2,2H3,(H,33,37). The molecule has 0 atom stereocenters. The van der Waals surface area contributed by atoms with Gasteiger partial charge in [0.2, 0.25) is 0 Å². The molecule has 0 saturated heterocycles. The normalized spacial score (nSPS) is 11.6. The zero-order valence-electron chi connectivity index (χ0n) is 19.3. The summed E-state index contributed by atoms with van der Waals surface area (Å²) in [6.07, 6.45) is 0.390. The van der Waals surface area contributed by atoms with Crippen LogP contribution in [0.4, 0.5) is 18.9 Å². The SMILES string of the molecule is C=NCc1cc(NC(=O)c2cnn(-c3cccc4ncccc34)c2C(F)(F)F)cnc1-c1cnn(C)n1. The maximum atomic E-state index is 14.2. The van der Waals surface area contributed by atoms with Gasteiger partial charge in [0.25, 0.3) is 5.91 Å². The number of hydrogen-bond acceptors (Lipinski definition) is 7. The smallest absolute Gasteiger partial charge is 0.320 e. The van der Waals surface area contributed by atoms with E-state index in [0.717, 1.165) is 6.20 Å². The van der Waals surface area contributed by atoms with Gasteiger partial charge in [0.05, 0.1) is 53.3 Å². The Morgan fingerprint density at radius 2 is 1.95 bits per heavy atom. The van der Waals surface area contributed by atoms with Crippen LogP contribution in [0, 0.1) is 0 Å². The summed E-state index contributed by atoms with van der Waals surface area (Å²) in [4.78, 5) is 26.8. The molecule has 5 rings (SSSR count). The van der Waals surface area contributed by atoms with Gasteiger partial charge in [0.15, 0.2) is 5.69 Å². The molecule has 5 aromatic rings. The van der Waals surface area contributed by atoms with Gasteiger partial charge in [-0.25, -0.2) is 4.68 Å². The second kappa shape index (κ2) is 9.26. The first-order valence-electron chi connectivity index (χ1n) is 10.8. The van der Waals surface area contributed by atoms with Gasteiger partial charge in [-0.3, -0.25) is 19.8 Å². The van der Waals surface area contributed by atoms with Gasteiger partial charge in [0, 0.05) is 24.2 Å². The van der Waals surface area contributed by atoms with Crippen molar-refractivity contribution in [1.29, 1.82) is 0 Å². The van der Waals surface area contributed by atoms with E-state index >= 15 is 0 Å². The second-order valence-corrected chi connectivity index (χ2v) is 7.95. The zero-order chi connectivity index (χ0) is 26.2. The van der Waals surface area contributed by atoms with E-state index in [0.29, 0.717) is 32.5 Å². The van der Waals surface area contributed by atoms with Crippen LogP contribution in [-0.4, -0.2) is 47.4 Å². The lowest BCUT2D eigenvalue weighted by Gasteiger charge is -2.14. The maximum absolute atomic E-state index is 14.2. The Kier molecular flexibility index (Phi) is 5.95. The van der Waals surface area contributed by atoms with E-state index in [1.807, 2.05) is 0 Å². The zero-order valence-corrected chi connectivity index (χ0v) is 19.3. The van der Waals surface area contributed by atoms with Crippen molar-refractivity contribution >= 4 is 29.2 Å². The number of hydrogen-bond donors (Lipinski definition) is 1. The summed E-state index contributed by atoms with van der Waals surface area (Å²) in [5.41, 5.74) is 0.456. The van der Waals surface area contributed by atoms with E-state index in [1.54, 1.807) is 43.6 Å². The highest BCUT2D eigenvalue weighted by atomic mass is 19.4. The maximum Gasteiger partial charge on any atom is 0.434 e. The monoisotopic (exact) mass is 505 g/mol. The van der Waals surface area contributed by atoms with E-state index in [4.69, 9.17) is 0 Å². The first-order valence-corrected chi connectivity index (χ1v) is 10.8. The molecule has 0 saturated carbocycles. The van der Waals surface area contributed by atoms with Crippen LogP contribution in [0.25, 0.3) is 28.0 Å². The van der Waals surface area contributed by atoms with Gasteiger partial charge in [-0.15, -0.1) is 0 Å². The van der Waals surface area contributed by atoms with Crippen LogP contribution in [0.2, 0.25) is 0 Å². The number of benzene rings is 1.